The average molecular weight is 249 g/mol. The maximum atomic E-state index is 5.51. The normalized spacial score (nSPS) is 13.6. The highest BCUT2D eigenvalue weighted by Crippen LogP contribution is 2.74. The number of halogens is 5. The molecule has 0 atom stereocenters. The molecule has 0 amide bonds. The zero-order chi connectivity index (χ0) is 7.71. The number of rotatable bonds is 0. The fourth-order valence-electron chi connectivity index (χ4n) is 0.113. The van der Waals surface area contributed by atoms with Gasteiger partial charge in [0.1, 0.15) is 0 Å². The summed E-state index contributed by atoms with van der Waals surface area (Å²) in [5.74, 6) is -2.74. The standard InChI is InChI=1S/C2H3Cl5NP/c1-8-9(6,7)2(3,4)5/h1H3. The van der Waals surface area contributed by atoms with Gasteiger partial charge in [-0.05, 0) is 0 Å². The molecule has 0 rings (SSSR count). The van der Waals surface area contributed by atoms with E-state index in [-0.39, 0.29) is 0 Å². The van der Waals surface area contributed by atoms with Crippen molar-refractivity contribution in [3.8, 4) is 0 Å². The second-order valence-corrected chi connectivity index (χ2v) is 9.72. The SMILES string of the molecule is CN=P(Cl)(Cl)C(Cl)(Cl)Cl. The van der Waals surface area contributed by atoms with Gasteiger partial charge in [0.25, 0.3) is 3.53 Å². The topological polar surface area (TPSA) is 12.4 Å². The van der Waals surface area contributed by atoms with E-state index in [0.717, 1.165) is 0 Å². The predicted octanol–water partition coefficient (Wildman–Crippen LogP) is 4.45. The Morgan fingerprint density at radius 3 is 1.56 bits per heavy atom. The molecule has 9 heavy (non-hydrogen) atoms. The van der Waals surface area contributed by atoms with Gasteiger partial charge in [0.15, 0.2) is 5.76 Å². The Bertz CT molecular complexity index is 142. The molecule has 0 N–H and O–H groups in total. The van der Waals surface area contributed by atoms with Gasteiger partial charge >= 0.3 is 0 Å². The molecule has 0 heterocycles. The van der Waals surface area contributed by atoms with Gasteiger partial charge in [-0.1, -0.05) is 57.3 Å². The van der Waals surface area contributed by atoms with E-state index in [9.17, 15) is 0 Å². The molecule has 0 aliphatic rings. The van der Waals surface area contributed by atoms with E-state index in [4.69, 9.17) is 57.3 Å². The van der Waals surface area contributed by atoms with Gasteiger partial charge in [-0.25, -0.2) is 0 Å². The first kappa shape index (κ1) is 10.7. The minimum atomic E-state index is -2.74. The van der Waals surface area contributed by atoms with E-state index >= 15 is 0 Å². The van der Waals surface area contributed by atoms with Gasteiger partial charge in [0, 0.05) is 7.05 Å². The van der Waals surface area contributed by atoms with Crippen molar-refractivity contribution in [1.82, 2.24) is 0 Å². The van der Waals surface area contributed by atoms with Crippen molar-refractivity contribution >= 4 is 63.0 Å². The summed E-state index contributed by atoms with van der Waals surface area (Å²) in [5, 5.41) is 0. The Kier molecular flexibility index (Phi) is 4.02. The fourth-order valence-corrected chi connectivity index (χ4v) is 1.02. The summed E-state index contributed by atoms with van der Waals surface area (Å²) < 4.78 is 1.88. The molecule has 56 valence electrons. The second-order valence-electron chi connectivity index (χ2n) is 1.15. The molecular formula is C2H3Cl5NP. The molecule has 0 unspecified atom stereocenters. The molecule has 0 radical (unpaired) electrons. The summed E-state index contributed by atoms with van der Waals surface area (Å²) in [7, 11) is 1.41. The van der Waals surface area contributed by atoms with E-state index in [1.165, 1.54) is 7.05 Å². The molecular weight excluding hydrogens is 246 g/mol. The minimum Gasteiger partial charge on any atom is -0.274 e. The highest BCUT2D eigenvalue weighted by atomic mass is 35.9. The first-order valence-corrected chi connectivity index (χ1v) is 6.46. The summed E-state index contributed by atoms with van der Waals surface area (Å²) in [6.45, 7) is 0. The highest BCUT2D eigenvalue weighted by Gasteiger charge is 2.37. The van der Waals surface area contributed by atoms with Crippen molar-refractivity contribution in [2.45, 2.75) is 3.53 Å². The molecule has 0 aliphatic heterocycles. The van der Waals surface area contributed by atoms with Gasteiger partial charge in [0.2, 0.25) is 0 Å². The molecule has 0 aliphatic carbocycles. The van der Waals surface area contributed by atoms with Crippen LogP contribution in [0.15, 0.2) is 4.74 Å². The summed E-state index contributed by atoms with van der Waals surface area (Å²) in [4.78, 5) is 0. The van der Waals surface area contributed by atoms with Gasteiger partial charge in [-0.2, -0.15) is 0 Å². The summed E-state index contributed by atoms with van der Waals surface area (Å²) in [6, 6.07) is 0. The lowest BCUT2D eigenvalue weighted by Crippen LogP contribution is -1.93. The monoisotopic (exact) mass is 247 g/mol. The van der Waals surface area contributed by atoms with Crippen molar-refractivity contribution in [1.29, 1.82) is 0 Å². The molecule has 0 aromatic carbocycles. The molecule has 0 bridgehead atoms. The first-order valence-electron chi connectivity index (χ1n) is 1.78. The van der Waals surface area contributed by atoms with E-state index in [1.807, 2.05) is 0 Å². The van der Waals surface area contributed by atoms with Crippen LogP contribution < -0.4 is 0 Å². The van der Waals surface area contributed by atoms with Crippen LogP contribution in [0.3, 0.4) is 0 Å². The second kappa shape index (κ2) is 3.38. The van der Waals surface area contributed by atoms with Crippen LogP contribution in [-0.4, -0.2) is 10.6 Å². The molecule has 7 heteroatoms. The molecule has 0 aromatic rings. The van der Waals surface area contributed by atoms with Crippen LogP contribution in [0, 0.1) is 0 Å². The van der Waals surface area contributed by atoms with E-state index < -0.39 is 9.29 Å². The number of hydrogen-bond donors (Lipinski definition) is 0. The third kappa shape index (κ3) is 3.05. The zero-order valence-electron chi connectivity index (χ0n) is 4.28. The molecule has 0 aromatic heterocycles. The van der Waals surface area contributed by atoms with Gasteiger partial charge < -0.3 is 0 Å². The fraction of sp³-hybridized carbons (Fsp3) is 1.00. The van der Waals surface area contributed by atoms with Crippen LogP contribution in [0.1, 0.15) is 0 Å². The van der Waals surface area contributed by atoms with Gasteiger partial charge in [0.05, 0.1) is 0 Å². The average Bonchev–Trinajstić information content (AvgIpc) is 1.64. The van der Waals surface area contributed by atoms with Crippen molar-refractivity contribution < 1.29 is 0 Å². The zero-order valence-corrected chi connectivity index (χ0v) is 8.96. The van der Waals surface area contributed by atoms with Gasteiger partial charge in [-0.15, -0.1) is 0 Å². The van der Waals surface area contributed by atoms with Crippen molar-refractivity contribution in [2.75, 3.05) is 7.05 Å². The number of hydrogen-bond acceptors (Lipinski definition) is 1. The quantitative estimate of drug-likeness (QED) is 0.444. The smallest absolute Gasteiger partial charge is 0.250 e. The van der Waals surface area contributed by atoms with Crippen LogP contribution >= 0.6 is 63.0 Å². The summed E-state index contributed by atoms with van der Waals surface area (Å²) in [6.07, 6.45) is 0. The van der Waals surface area contributed by atoms with Crippen molar-refractivity contribution in [3.05, 3.63) is 0 Å². The maximum absolute atomic E-state index is 5.51. The Labute approximate surface area is 78.2 Å². The minimum absolute atomic E-state index is 1.41. The van der Waals surface area contributed by atoms with E-state index in [2.05, 4.69) is 4.74 Å². The summed E-state index contributed by atoms with van der Waals surface area (Å²) >= 11 is 27.1. The van der Waals surface area contributed by atoms with Crippen LogP contribution in [0.2, 0.25) is 0 Å². The maximum Gasteiger partial charge on any atom is 0.250 e. The van der Waals surface area contributed by atoms with Gasteiger partial charge in [-0.3, -0.25) is 4.74 Å². The molecule has 0 saturated heterocycles. The van der Waals surface area contributed by atoms with E-state index in [0.29, 0.717) is 0 Å². The highest BCUT2D eigenvalue weighted by molar-refractivity contribution is 8.13. The Morgan fingerprint density at radius 1 is 1.22 bits per heavy atom. The van der Waals surface area contributed by atoms with E-state index in [1.54, 1.807) is 0 Å². The molecule has 0 saturated carbocycles. The third-order valence-electron chi connectivity index (χ3n) is 0.556. The Hall–Kier alpha value is 1.68. The lowest BCUT2D eigenvalue weighted by molar-refractivity contribution is 1.48. The van der Waals surface area contributed by atoms with Crippen LogP contribution in [0.5, 0.6) is 0 Å². The number of nitrogens with zero attached hydrogens (tertiary/aromatic N) is 1. The van der Waals surface area contributed by atoms with Crippen molar-refractivity contribution in [3.63, 3.8) is 0 Å². The lowest BCUT2D eigenvalue weighted by atomic mass is 11.6. The largest absolute Gasteiger partial charge is 0.274 e. The van der Waals surface area contributed by atoms with Crippen LogP contribution in [0.4, 0.5) is 0 Å². The number of alkyl halides is 3. The predicted molar refractivity (Wildman–Crippen MR) is 47.3 cm³/mol. The molecule has 1 nitrogen and oxygen atoms in total. The Morgan fingerprint density at radius 2 is 1.56 bits per heavy atom. The van der Waals surface area contributed by atoms with Crippen molar-refractivity contribution in [2.24, 2.45) is 4.74 Å². The molecule has 0 spiro atoms. The summed E-state index contributed by atoms with van der Waals surface area (Å²) in [5.41, 5.74) is 0. The molecule has 0 fully saturated rings. The van der Waals surface area contributed by atoms with Crippen LogP contribution in [-0.2, 0) is 0 Å². The Balaban J connectivity index is 4.56. The van der Waals surface area contributed by atoms with Crippen LogP contribution in [0.25, 0.3) is 0 Å². The first-order chi connectivity index (χ1) is 3.81. The lowest BCUT2D eigenvalue weighted by Gasteiger charge is -2.15. The third-order valence-corrected chi connectivity index (χ3v) is 7.86.